The minimum atomic E-state index is -0.548. The molecular weight excluding hydrogens is 532 g/mol. The molecule has 0 aliphatic rings. The van der Waals surface area contributed by atoms with Crippen LogP contribution in [0.3, 0.4) is 0 Å². The molecule has 0 aliphatic carbocycles. The molecule has 10 nitrogen and oxygen atoms in total. The van der Waals surface area contributed by atoms with Gasteiger partial charge in [0.25, 0.3) is 17.5 Å². The first-order chi connectivity index (χ1) is 19.3. The highest BCUT2D eigenvalue weighted by atomic mass is 32.2. The van der Waals surface area contributed by atoms with Gasteiger partial charge in [0, 0.05) is 34.4 Å². The van der Waals surface area contributed by atoms with Gasteiger partial charge in [0.2, 0.25) is 5.91 Å². The summed E-state index contributed by atoms with van der Waals surface area (Å²) in [5, 5.41) is 19.1. The number of furan rings is 1. The summed E-state index contributed by atoms with van der Waals surface area (Å²) in [5.74, 6) is -0.835. The van der Waals surface area contributed by atoms with Gasteiger partial charge in [0.05, 0.1) is 22.6 Å². The number of carbonyl (C=O) groups is 3. The lowest BCUT2D eigenvalue weighted by Gasteiger charge is -2.11. The first-order valence-corrected chi connectivity index (χ1v) is 13.0. The fourth-order valence-corrected chi connectivity index (χ4v) is 4.18. The lowest BCUT2D eigenvalue weighted by atomic mass is 10.2. The maximum atomic E-state index is 13.0. The van der Waals surface area contributed by atoms with Crippen LogP contribution < -0.4 is 16.0 Å². The van der Waals surface area contributed by atoms with Crippen LogP contribution in [0.15, 0.2) is 106 Å². The molecular formula is C29H24N4O6S. The summed E-state index contributed by atoms with van der Waals surface area (Å²) < 4.78 is 5.30. The SMILES string of the molecule is Cc1ccc([N+](=O)[O-])cc1NC(=O)CSc1ccc(NC(=O)/C(=C/c2ccco2)NC(=O)c2ccccc2)cc1. The summed E-state index contributed by atoms with van der Waals surface area (Å²) in [7, 11) is 0. The number of hydrogen-bond donors (Lipinski definition) is 3. The second-order valence-corrected chi connectivity index (χ2v) is 9.51. The summed E-state index contributed by atoms with van der Waals surface area (Å²) in [6.45, 7) is 1.75. The lowest BCUT2D eigenvalue weighted by molar-refractivity contribution is -0.384. The Kier molecular flexibility index (Phi) is 9.11. The zero-order chi connectivity index (χ0) is 28.5. The smallest absolute Gasteiger partial charge is 0.272 e. The Morgan fingerprint density at radius 2 is 1.70 bits per heavy atom. The Labute approximate surface area is 233 Å². The number of nitro groups is 1. The number of nitro benzene ring substituents is 1. The summed E-state index contributed by atoms with van der Waals surface area (Å²) in [4.78, 5) is 49.4. The van der Waals surface area contributed by atoms with Gasteiger partial charge < -0.3 is 20.4 Å². The van der Waals surface area contributed by atoms with Crippen molar-refractivity contribution in [3.05, 3.63) is 124 Å². The van der Waals surface area contributed by atoms with Crippen molar-refractivity contribution in [1.82, 2.24) is 5.32 Å². The Balaban J connectivity index is 1.36. The summed E-state index contributed by atoms with van der Waals surface area (Å²) in [6.07, 6.45) is 2.89. The maximum absolute atomic E-state index is 13.0. The molecule has 0 unspecified atom stereocenters. The molecule has 1 aromatic heterocycles. The lowest BCUT2D eigenvalue weighted by Crippen LogP contribution is -2.30. The topological polar surface area (TPSA) is 144 Å². The molecule has 0 atom stereocenters. The molecule has 202 valence electrons. The zero-order valence-corrected chi connectivity index (χ0v) is 22.1. The number of nitrogens with zero attached hydrogens (tertiary/aromatic N) is 1. The molecule has 0 saturated carbocycles. The molecule has 11 heteroatoms. The van der Waals surface area contributed by atoms with Gasteiger partial charge in [-0.25, -0.2) is 0 Å². The zero-order valence-electron chi connectivity index (χ0n) is 21.2. The van der Waals surface area contributed by atoms with E-state index in [4.69, 9.17) is 4.42 Å². The molecule has 0 saturated heterocycles. The van der Waals surface area contributed by atoms with E-state index in [1.165, 1.54) is 36.2 Å². The Bertz CT molecular complexity index is 1550. The van der Waals surface area contributed by atoms with Crippen molar-refractivity contribution in [3.63, 3.8) is 0 Å². The van der Waals surface area contributed by atoms with Crippen molar-refractivity contribution in [1.29, 1.82) is 0 Å². The van der Waals surface area contributed by atoms with Gasteiger partial charge in [-0.1, -0.05) is 24.3 Å². The molecule has 0 aliphatic heterocycles. The van der Waals surface area contributed by atoms with E-state index in [9.17, 15) is 24.5 Å². The van der Waals surface area contributed by atoms with Crippen molar-refractivity contribution in [3.8, 4) is 0 Å². The van der Waals surface area contributed by atoms with Crippen LogP contribution in [0.2, 0.25) is 0 Å². The van der Waals surface area contributed by atoms with Crippen LogP contribution in [0, 0.1) is 17.0 Å². The molecule has 3 aromatic carbocycles. The number of anilines is 2. The van der Waals surface area contributed by atoms with Gasteiger partial charge in [0.15, 0.2) is 0 Å². The van der Waals surface area contributed by atoms with E-state index in [0.29, 0.717) is 28.3 Å². The van der Waals surface area contributed by atoms with E-state index in [1.807, 2.05) is 0 Å². The number of amides is 3. The minimum Gasteiger partial charge on any atom is -0.465 e. The molecule has 0 bridgehead atoms. The Morgan fingerprint density at radius 1 is 0.950 bits per heavy atom. The first kappa shape index (κ1) is 27.9. The largest absolute Gasteiger partial charge is 0.465 e. The molecule has 40 heavy (non-hydrogen) atoms. The Hall–Kier alpha value is -5.16. The third kappa shape index (κ3) is 7.68. The van der Waals surface area contributed by atoms with Crippen molar-refractivity contribution in [2.24, 2.45) is 0 Å². The summed E-state index contributed by atoms with van der Waals surface area (Å²) in [5.41, 5.74) is 1.86. The Morgan fingerprint density at radius 3 is 2.38 bits per heavy atom. The molecule has 4 aromatic rings. The van der Waals surface area contributed by atoms with Gasteiger partial charge in [-0.15, -0.1) is 11.8 Å². The van der Waals surface area contributed by atoms with Crippen molar-refractivity contribution < 1.29 is 23.7 Å². The van der Waals surface area contributed by atoms with Crippen LogP contribution in [0.25, 0.3) is 6.08 Å². The van der Waals surface area contributed by atoms with Crippen molar-refractivity contribution in [2.45, 2.75) is 11.8 Å². The standard InChI is InChI=1S/C29H24N4O6S/c1-19-9-12-22(33(37)38)16-25(19)31-27(34)18-40-24-13-10-21(11-14-24)30-29(36)26(17-23-8-5-15-39-23)32-28(35)20-6-3-2-4-7-20/h2-17H,18H2,1H3,(H,30,36)(H,31,34)(H,32,35)/b26-17-. The average molecular weight is 557 g/mol. The van der Waals surface area contributed by atoms with Crippen molar-refractivity contribution >= 4 is 52.6 Å². The molecule has 0 spiro atoms. The first-order valence-electron chi connectivity index (χ1n) is 12.0. The molecule has 0 radical (unpaired) electrons. The summed E-state index contributed by atoms with van der Waals surface area (Å²) in [6, 6.07) is 23.0. The second kappa shape index (κ2) is 13.1. The number of nitrogens with one attached hydrogen (secondary N) is 3. The van der Waals surface area contributed by atoms with E-state index in [-0.39, 0.29) is 23.0 Å². The highest BCUT2D eigenvalue weighted by Crippen LogP contribution is 2.24. The molecule has 4 rings (SSSR count). The number of aryl methyl sites for hydroxylation is 1. The van der Waals surface area contributed by atoms with Crippen LogP contribution in [0.5, 0.6) is 0 Å². The van der Waals surface area contributed by atoms with Gasteiger partial charge in [-0.05, 0) is 61.0 Å². The number of non-ortho nitro benzene ring substituents is 1. The minimum absolute atomic E-state index is 0.00429. The van der Waals surface area contributed by atoms with E-state index >= 15 is 0 Å². The quantitative estimate of drug-likeness (QED) is 0.0993. The fourth-order valence-electron chi connectivity index (χ4n) is 3.48. The van der Waals surface area contributed by atoms with Crippen LogP contribution in [0.1, 0.15) is 21.7 Å². The van der Waals surface area contributed by atoms with Gasteiger partial charge >= 0.3 is 0 Å². The van der Waals surface area contributed by atoms with Gasteiger partial charge in [0.1, 0.15) is 11.5 Å². The van der Waals surface area contributed by atoms with Crippen LogP contribution in [-0.4, -0.2) is 28.4 Å². The van der Waals surface area contributed by atoms with Crippen molar-refractivity contribution in [2.75, 3.05) is 16.4 Å². The summed E-state index contributed by atoms with van der Waals surface area (Å²) >= 11 is 1.27. The number of carbonyl (C=O) groups excluding carboxylic acids is 3. The number of hydrogen-bond acceptors (Lipinski definition) is 7. The van der Waals surface area contributed by atoms with E-state index < -0.39 is 16.7 Å². The number of benzene rings is 3. The third-order valence-electron chi connectivity index (χ3n) is 5.55. The third-order valence-corrected chi connectivity index (χ3v) is 6.56. The average Bonchev–Trinajstić information content (AvgIpc) is 3.47. The maximum Gasteiger partial charge on any atom is 0.272 e. The monoisotopic (exact) mass is 556 g/mol. The number of rotatable bonds is 10. The van der Waals surface area contributed by atoms with E-state index in [1.54, 1.807) is 79.7 Å². The van der Waals surface area contributed by atoms with Crippen LogP contribution in [-0.2, 0) is 9.59 Å². The highest BCUT2D eigenvalue weighted by molar-refractivity contribution is 8.00. The molecule has 3 amide bonds. The van der Waals surface area contributed by atoms with Crippen LogP contribution in [0.4, 0.5) is 17.1 Å². The molecule has 3 N–H and O–H groups in total. The van der Waals surface area contributed by atoms with Crippen LogP contribution >= 0.6 is 11.8 Å². The van der Waals surface area contributed by atoms with Gasteiger partial charge in [-0.3, -0.25) is 24.5 Å². The highest BCUT2D eigenvalue weighted by Gasteiger charge is 2.16. The molecule has 0 fully saturated rings. The normalized spacial score (nSPS) is 11.0. The predicted octanol–water partition coefficient (Wildman–Crippen LogP) is 5.64. The fraction of sp³-hybridized carbons (Fsp3) is 0.0690. The van der Waals surface area contributed by atoms with E-state index in [2.05, 4.69) is 16.0 Å². The molecule has 1 heterocycles. The predicted molar refractivity (Wildman–Crippen MR) is 153 cm³/mol. The second-order valence-electron chi connectivity index (χ2n) is 8.47. The van der Waals surface area contributed by atoms with E-state index in [0.717, 1.165) is 4.90 Å². The van der Waals surface area contributed by atoms with Gasteiger partial charge in [-0.2, -0.15) is 0 Å². The number of thioether (sulfide) groups is 1.